The van der Waals surface area contributed by atoms with Gasteiger partial charge in [0.1, 0.15) is 12.6 Å². The number of rotatable bonds is 5. The van der Waals surface area contributed by atoms with Gasteiger partial charge in [-0.05, 0) is 12.8 Å². The number of aliphatic carboxylic acids is 1. The van der Waals surface area contributed by atoms with E-state index < -0.39 is 18.6 Å². The van der Waals surface area contributed by atoms with Crippen molar-refractivity contribution in [2.24, 2.45) is 5.92 Å². The van der Waals surface area contributed by atoms with Crippen molar-refractivity contribution >= 4 is 12.1 Å². The summed E-state index contributed by atoms with van der Waals surface area (Å²) in [6.45, 7) is 3.18. The number of carbonyl (C=O) groups is 2. The highest BCUT2D eigenvalue weighted by atomic mass is 16.6. The largest absolute Gasteiger partial charge is 0.480 e. The van der Waals surface area contributed by atoms with Crippen LogP contribution >= 0.6 is 0 Å². The van der Waals surface area contributed by atoms with Crippen LogP contribution in [0.15, 0.2) is 12.7 Å². The lowest BCUT2D eigenvalue weighted by Gasteiger charge is -2.03. The fraction of sp³-hybridized carbons (Fsp3) is 0.556. The van der Waals surface area contributed by atoms with E-state index in [1.165, 1.54) is 0 Å². The second-order valence-corrected chi connectivity index (χ2v) is 3.21. The van der Waals surface area contributed by atoms with Crippen LogP contribution in [-0.4, -0.2) is 29.8 Å². The van der Waals surface area contributed by atoms with Crippen LogP contribution in [-0.2, 0) is 9.53 Å². The van der Waals surface area contributed by atoms with Gasteiger partial charge in [-0.1, -0.05) is 6.08 Å². The van der Waals surface area contributed by atoms with Crippen molar-refractivity contribution in [1.82, 2.24) is 5.32 Å². The predicted octanol–water partition coefficient (Wildman–Crippen LogP) is 0.762. The molecule has 0 aromatic carbocycles. The summed E-state index contributed by atoms with van der Waals surface area (Å²) in [5.74, 6) is -0.719. The van der Waals surface area contributed by atoms with Gasteiger partial charge in [0.2, 0.25) is 0 Å². The maximum Gasteiger partial charge on any atom is 0.407 e. The third-order valence-electron chi connectivity index (χ3n) is 1.97. The lowest BCUT2D eigenvalue weighted by atomic mass is 10.3. The molecule has 0 spiro atoms. The highest BCUT2D eigenvalue weighted by molar-refractivity contribution is 5.76. The van der Waals surface area contributed by atoms with Gasteiger partial charge in [-0.3, -0.25) is 4.79 Å². The Morgan fingerprint density at radius 2 is 2.36 bits per heavy atom. The van der Waals surface area contributed by atoms with Gasteiger partial charge in [-0.2, -0.15) is 0 Å². The molecule has 0 aromatic heterocycles. The summed E-state index contributed by atoms with van der Waals surface area (Å²) in [6, 6.07) is 0. The fourth-order valence-corrected chi connectivity index (χ4v) is 1.15. The minimum absolute atomic E-state index is 0.0678. The van der Waals surface area contributed by atoms with Crippen LogP contribution < -0.4 is 5.32 Å². The molecule has 1 fully saturated rings. The normalized spacial score (nSPS) is 23.7. The maximum atomic E-state index is 10.9. The zero-order valence-corrected chi connectivity index (χ0v) is 7.73. The molecule has 1 aliphatic carbocycles. The van der Waals surface area contributed by atoms with E-state index in [0.717, 1.165) is 12.8 Å². The Morgan fingerprint density at radius 3 is 2.93 bits per heavy atom. The Morgan fingerprint density at radius 1 is 1.64 bits per heavy atom. The zero-order chi connectivity index (χ0) is 10.6. The van der Waals surface area contributed by atoms with E-state index >= 15 is 0 Å². The van der Waals surface area contributed by atoms with Crippen LogP contribution in [0.25, 0.3) is 0 Å². The van der Waals surface area contributed by atoms with E-state index in [2.05, 4.69) is 11.9 Å². The smallest absolute Gasteiger partial charge is 0.407 e. The quantitative estimate of drug-likeness (QED) is 0.641. The topological polar surface area (TPSA) is 75.6 Å². The summed E-state index contributed by atoms with van der Waals surface area (Å²) in [4.78, 5) is 21.0. The molecule has 1 saturated carbocycles. The third kappa shape index (κ3) is 3.47. The Balaban J connectivity index is 2.10. The van der Waals surface area contributed by atoms with E-state index in [1.807, 2.05) is 0 Å². The van der Waals surface area contributed by atoms with Gasteiger partial charge in [0.15, 0.2) is 0 Å². The van der Waals surface area contributed by atoms with Crippen molar-refractivity contribution in [1.29, 1.82) is 0 Å². The first kappa shape index (κ1) is 10.6. The molecule has 1 aliphatic rings. The molecule has 0 heterocycles. The molecule has 1 amide bonds. The number of carboxylic acid groups (broad SMARTS) is 1. The lowest BCUT2D eigenvalue weighted by Crippen LogP contribution is -2.30. The number of allylic oxidation sites excluding steroid dienone is 1. The van der Waals surface area contributed by atoms with E-state index in [1.54, 1.807) is 6.08 Å². The zero-order valence-electron chi connectivity index (χ0n) is 7.73. The average molecular weight is 199 g/mol. The maximum absolute atomic E-state index is 10.9. The molecule has 0 aliphatic heterocycles. The second kappa shape index (κ2) is 4.64. The van der Waals surface area contributed by atoms with E-state index in [0.29, 0.717) is 5.92 Å². The molecule has 0 saturated heterocycles. The molecule has 2 atom stereocenters. The van der Waals surface area contributed by atoms with Crippen molar-refractivity contribution in [3.8, 4) is 0 Å². The van der Waals surface area contributed by atoms with Crippen LogP contribution in [0, 0.1) is 5.92 Å². The summed E-state index contributed by atoms with van der Waals surface area (Å²) in [5, 5.41) is 10.4. The first-order chi connectivity index (χ1) is 6.63. The molecular formula is C9H13NO4. The lowest BCUT2D eigenvalue weighted by molar-refractivity contribution is -0.135. The number of carbonyl (C=O) groups excluding carboxylic acids is 1. The summed E-state index contributed by atoms with van der Waals surface area (Å²) in [5.41, 5.74) is 0. The minimum atomic E-state index is -1.08. The van der Waals surface area contributed by atoms with Gasteiger partial charge in [0.05, 0.1) is 0 Å². The van der Waals surface area contributed by atoms with Crippen LogP contribution in [0.1, 0.15) is 12.8 Å². The van der Waals surface area contributed by atoms with Crippen molar-refractivity contribution in [2.75, 3.05) is 6.54 Å². The van der Waals surface area contributed by atoms with E-state index in [9.17, 15) is 9.59 Å². The van der Waals surface area contributed by atoms with Gasteiger partial charge in [-0.25, -0.2) is 4.79 Å². The van der Waals surface area contributed by atoms with E-state index in [4.69, 9.17) is 9.84 Å². The second-order valence-electron chi connectivity index (χ2n) is 3.21. The van der Waals surface area contributed by atoms with Crippen LogP contribution in [0.2, 0.25) is 0 Å². The van der Waals surface area contributed by atoms with Gasteiger partial charge in [0.25, 0.3) is 0 Å². The molecule has 0 aromatic rings. The van der Waals surface area contributed by atoms with Crippen LogP contribution in [0.5, 0.6) is 0 Å². The predicted molar refractivity (Wildman–Crippen MR) is 48.8 cm³/mol. The summed E-state index contributed by atoms with van der Waals surface area (Å²) in [7, 11) is 0. The standard InChI is InChI=1S/C9H13NO4/c1-2-3-6-4-7(6)14-9(13)10-5-8(11)12/h2,6-7H,1,3-5H2,(H,10,13)(H,11,12). The Bertz CT molecular complexity index is 251. The molecule has 0 radical (unpaired) electrons. The summed E-state index contributed by atoms with van der Waals surface area (Å²) < 4.78 is 4.92. The van der Waals surface area contributed by atoms with Gasteiger partial charge in [-0.15, -0.1) is 6.58 Å². The number of hydrogen-bond acceptors (Lipinski definition) is 3. The molecule has 2 N–H and O–H groups in total. The van der Waals surface area contributed by atoms with Crippen molar-refractivity contribution < 1.29 is 19.4 Å². The summed E-state index contributed by atoms with van der Waals surface area (Å²) in [6.07, 6.45) is 2.72. The Labute approximate surface area is 81.7 Å². The molecule has 14 heavy (non-hydrogen) atoms. The number of amides is 1. The first-order valence-corrected chi connectivity index (χ1v) is 4.40. The molecule has 0 bridgehead atoms. The average Bonchev–Trinajstić information content (AvgIpc) is 2.81. The Hall–Kier alpha value is -1.52. The fourth-order valence-electron chi connectivity index (χ4n) is 1.15. The highest BCUT2D eigenvalue weighted by Gasteiger charge is 2.39. The molecule has 78 valence electrons. The van der Waals surface area contributed by atoms with Gasteiger partial charge < -0.3 is 15.2 Å². The number of hydrogen-bond donors (Lipinski definition) is 2. The third-order valence-corrected chi connectivity index (χ3v) is 1.97. The van der Waals surface area contributed by atoms with Crippen LogP contribution in [0.4, 0.5) is 4.79 Å². The summed E-state index contributed by atoms with van der Waals surface area (Å²) >= 11 is 0. The van der Waals surface area contributed by atoms with Gasteiger partial charge >= 0.3 is 12.1 Å². The highest BCUT2D eigenvalue weighted by Crippen LogP contribution is 2.36. The molecule has 5 heteroatoms. The van der Waals surface area contributed by atoms with Crippen molar-refractivity contribution in [2.45, 2.75) is 18.9 Å². The SMILES string of the molecule is C=CCC1CC1OC(=O)NCC(=O)O. The van der Waals surface area contributed by atoms with Gasteiger partial charge in [0, 0.05) is 5.92 Å². The monoisotopic (exact) mass is 199 g/mol. The van der Waals surface area contributed by atoms with Crippen LogP contribution in [0.3, 0.4) is 0 Å². The number of nitrogens with one attached hydrogen (secondary N) is 1. The number of alkyl carbamates (subject to hydrolysis) is 1. The van der Waals surface area contributed by atoms with E-state index in [-0.39, 0.29) is 6.10 Å². The molecular weight excluding hydrogens is 186 g/mol. The Kier molecular flexibility index (Phi) is 3.50. The minimum Gasteiger partial charge on any atom is -0.480 e. The first-order valence-electron chi connectivity index (χ1n) is 4.40. The molecule has 5 nitrogen and oxygen atoms in total. The molecule has 1 rings (SSSR count). The van der Waals surface area contributed by atoms with Crippen molar-refractivity contribution in [3.63, 3.8) is 0 Å². The van der Waals surface area contributed by atoms with Crippen molar-refractivity contribution in [3.05, 3.63) is 12.7 Å². The number of ether oxygens (including phenoxy) is 1. The number of carboxylic acids is 1. The molecule has 2 unspecified atom stereocenters.